The van der Waals surface area contributed by atoms with Crippen LogP contribution < -0.4 is 15.4 Å². The summed E-state index contributed by atoms with van der Waals surface area (Å²) in [6.07, 6.45) is 6.84. The fourth-order valence-corrected chi connectivity index (χ4v) is 3.30. The molecule has 0 radical (unpaired) electrons. The minimum Gasteiger partial charge on any atom is -0.490 e. The molecule has 1 unspecified atom stereocenters. The number of aryl methyl sites for hydroxylation is 2. The maximum absolute atomic E-state index is 6.26. The third-order valence-electron chi connectivity index (χ3n) is 4.71. The average molecular weight is 543 g/mol. The maximum atomic E-state index is 6.26. The predicted octanol–water partition coefficient (Wildman–Crippen LogP) is 4.55. The molecule has 1 heterocycles. The lowest BCUT2D eigenvalue weighted by Crippen LogP contribution is -2.37. The van der Waals surface area contributed by atoms with Crippen LogP contribution in [0.3, 0.4) is 0 Å². The Bertz CT molecular complexity index is 763. The van der Waals surface area contributed by atoms with E-state index in [9.17, 15) is 0 Å². The zero-order valence-electron chi connectivity index (χ0n) is 19.6. The number of aliphatic imine (C=N–C) groups is 1. The molecule has 0 fully saturated rings. The highest BCUT2D eigenvalue weighted by atomic mass is 127. The molecule has 174 valence electrons. The lowest BCUT2D eigenvalue weighted by Gasteiger charge is -2.19. The molecule has 0 saturated carbocycles. The van der Waals surface area contributed by atoms with E-state index in [1.54, 1.807) is 12.7 Å². The van der Waals surface area contributed by atoms with Crippen molar-refractivity contribution >= 4 is 29.9 Å². The normalized spacial score (nSPS) is 12.4. The Morgan fingerprint density at radius 1 is 1.13 bits per heavy atom. The van der Waals surface area contributed by atoms with Gasteiger partial charge in [0.1, 0.15) is 18.4 Å². The fourth-order valence-electron chi connectivity index (χ4n) is 3.30. The van der Waals surface area contributed by atoms with Gasteiger partial charge in [-0.2, -0.15) is 0 Å². The van der Waals surface area contributed by atoms with E-state index in [-0.39, 0.29) is 30.1 Å². The molecule has 7 nitrogen and oxygen atoms in total. The van der Waals surface area contributed by atoms with Gasteiger partial charge in [0.15, 0.2) is 5.96 Å². The number of guanidine groups is 1. The average Bonchev–Trinajstić information content (AvgIpc) is 3.19. The minimum absolute atomic E-state index is 0. The lowest BCUT2D eigenvalue weighted by molar-refractivity contribution is 0.191. The Morgan fingerprint density at radius 2 is 1.87 bits per heavy atom. The van der Waals surface area contributed by atoms with E-state index in [1.165, 1.54) is 5.56 Å². The monoisotopic (exact) mass is 542 g/mol. The van der Waals surface area contributed by atoms with Crippen LogP contribution in [-0.2, 0) is 13.1 Å². The largest absolute Gasteiger partial charge is 0.490 e. The first-order valence-electron chi connectivity index (χ1n) is 11.1. The van der Waals surface area contributed by atoms with Gasteiger partial charge in [-0.3, -0.25) is 0 Å². The van der Waals surface area contributed by atoms with E-state index in [1.807, 2.05) is 4.57 Å². The minimum atomic E-state index is 0. The molecular formula is C23H39IN6O. The van der Waals surface area contributed by atoms with Crippen LogP contribution in [0, 0.1) is 12.8 Å². The Balaban J connectivity index is 0.00000480. The van der Waals surface area contributed by atoms with Crippen LogP contribution in [0.15, 0.2) is 35.8 Å². The first-order valence-corrected chi connectivity index (χ1v) is 11.1. The first-order chi connectivity index (χ1) is 14.5. The van der Waals surface area contributed by atoms with E-state index in [4.69, 9.17) is 9.73 Å². The van der Waals surface area contributed by atoms with Gasteiger partial charge in [-0.1, -0.05) is 26.0 Å². The molecule has 0 aliphatic rings. The molecule has 0 aliphatic carbocycles. The van der Waals surface area contributed by atoms with Crippen molar-refractivity contribution in [2.24, 2.45) is 10.9 Å². The number of unbranched alkanes of at least 4 members (excludes halogenated alkanes) is 1. The Hall–Kier alpha value is -1.84. The van der Waals surface area contributed by atoms with Crippen LogP contribution in [0.25, 0.3) is 0 Å². The zero-order valence-corrected chi connectivity index (χ0v) is 21.9. The van der Waals surface area contributed by atoms with Gasteiger partial charge in [0.2, 0.25) is 0 Å². The highest BCUT2D eigenvalue weighted by Gasteiger charge is 2.11. The van der Waals surface area contributed by atoms with Gasteiger partial charge >= 0.3 is 0 Å². The maximum Gasteiger partial charge on any atom is 0.191 e. The standard InChI is InChI=1S/C23H38N6O.HI/c1-6-24-23(25-11-7-8-12-29-16-27-28-17-29)26-15-21-10-9-19(4)14-22(21)30-20(5)13-18(2)3;/h9-10,14,16-18,20H,6-8,11-13,15H2,1-5H3,(H2,24,25,26);1H. The number of benzene rings is 1. The third-order valence-corrected chi connectivity index (χ3v) is 4.71. The van der Waals surface area contributed by atoms with Crippen LogP contribution >= 0.6 is 24.0 Å². The molecule has 0 amide bonds. The molecule has 31 heavy (non-hydrogen) atoms. The second-order valence-electron chi connectivity index (χ2n) is 8.20. The highest BCUT2D eigenvalue weighted by Crippen LogP contribution is 2.24. The summed E-state index contributed by atoms with van der Waals surface area (Å²) in [6.45, 7) is 14.0. The fraction of sp³-hybridized carbons (Fsp3) is 0.609. The smallest absolute Gasteiger partial charge is 0.191 e. The van der Waals surface area contributed by atoms with Crippen molar-refractivity contribution in [3.63, 3.8) is 0 Å². The molecule has 0 saturated heterocycles. The third kappa shape index (κ3) is 10.8. The molecule has 8 heteroatoms. The topological polar surface area (TPSA) is 76.4 Å². The van der Waals surface area contributed by atoms with E-state index in [2.05, 4.69) is 73.6 Å². The molecule has 2 N–H and O–H groups in total. The summed E-state index contributed by atoms with van der Waals surface area (Å²) >= 11 is 0. The van der Waals surface area contributed by atoms with Gasteiger partial charge in [-0.05, 0) is 57.6 Å². The van der Waals surface area contributed by atoms with Gasteiger partial charge in [-0.15, -0.1) is 34.2 Å². The Kier molecular flexibility index (Phi) is 13.2. The summed E-state index contributed by atoms with van der Waals surface area (Å²) in [5.74, 6) is 2.39. The number of hydrogen-bond acceptors (Lipinski definition) is 4. The molecule has 0 bridgehead atoms. The second-order valence-corrected chi connectivity index (χ2v) is 8.20. The van der Waals surface area contributed by atoms with Crippen LogP contribution in [0.2, 0.25) is 0 Å². The Morgan fingerprint density at radius 3 is 2.55 bits per heavy atom. The van der Waals surface area contributed by atoms with Crippen molar-refractivity contribution in [1.82, 2.24) is 25.4 Å². The number of nitrogens with one attached hydrogen (secondary N) is 2. The van der Waals surface area contributed by atoms with Crippen molar-refractivity contribution < 1.29 is 4.74 Å². The quantitative estimate of drug-likeness (QED) is 0.178. The summed E-state index contributed by atoms with van der Waals surface area (Å²) in [6, 6.07) is 6.36. The van der Waals surface area contributed by atoms with Gasteiger partial charge in [-0.25, -0.2) is 4.99 Å². The van der Waals surface area contributed by atoms with Crippen LogP contribution in [0.5, 0.6) is 5.75 Å². The van der Waals surface area contributed by atoms with Crippen molar-refractivity contribution in [3.8, 4) is 5.75 Å². The summed E-state index contributed by atoms with van der Waals surface area (Å²) in [5, 5.41) is 14.4. The summed E-state index contributed by atoms with van der Waals surface area (Å²) in [5.41, 5.74) is 2.31. The number of hydrogen-bond donors (Lipinski definition) is 2. The molecule has 2 rings (SSSR count). The molecule has 2 aromatic rings. The second kappa shape index (κ2) is 15.0. The van der Waals surface area contributed by atoms with Crippen LogP contribution in [0.1, 0.15) is 58.1 Å². The van der Waals surface area contributed by atoms with Crippen molar-refractivity contribution in [2.75, 3.05) is 13.1 Å². The lowest BCUT2D eigenvalue weighted by atomic mass is 10.1. The van der Waals surface area contributed by atoms with E-state index in [0.717, 1.165) is 56.2 Å². The molecule has 1 aromatic heterocycles. The predicted molar refractivity (Wildman–Crippen MR) is 138 cm³/mol. The SMILES string of the molecule is CCNC(=NCc1ccc(C)cc1OC(C)CC(C)C)NCCCCn1cnnc1.I. The highest BCUT2D eigenvalue weighted by molar-refractivity contribution is 14.0. The molecule has 0 aliphatic heterocycles. The van der Waals surface area contributed by atoms with Gasteiger partial charge in [0.25, 0.3) is 0 Å². The number of aromatic nitrogens is 3. The van der Waals surface area contributed by atoms with E-state index < -0.39 is 0 Å². The molecule has 0 spiro atoms. The first kappa shape index (κ1) is 27.2. The molecular weight excluding hydrogens is 503 g/mol. The van der Waals surface area contributed by atoms with Gasteiger partial charge in [0, 0.05) is 25.2 Å². The van der Waals surface area contributed by atoms with E-state index in [0.29, 0.717) is 12.5 Å². The number of halogens is 1. The number of rotatable bonds is 12. The number of nitrogens with zero attached hydrogens (tertiary/aromatic N) is 4. The van der Waals surface area contributed by atoms with Crippen LogP contribution in [-0.4, -0.2) is 39.9 Å². The zero-order chi connectivity index (χ0) is 21.8. The summed E-state index contributed by atoms with van der Waals surface area (Å²) in [4.78, 5) is 4.78. The summed E-state index contributed by atoms with van der Waals surface area (Å²) < 4.78 is 8.25. The Labute approximate surface area is 204 Å². The van der Waals surface area contributed by atoms with Gasteiger partial charge in [0.05, 0.1) is 12.6 Å². The number of ether oxygens (including phenoxy) is 1. The van der Waals surface area contributed by atoms with Crippen molar-refractivity contribution in [2.45, 2.75) is 73.1 Å². The van der Waals surface area contributed by atoms with Crippen LogP contribution in [0.4, 0.5) is 0 Å². The van der Waals surface area contributed by atoms with Gasteiger partial charge < -0.3 is 19.9 Å². The summed E-state index contributed by atoms with van der Waals surface area (Å²) in [7, 11) is 0. The van der Waals surface area contributed by atoms with Crippen molar-refractivity contribution in [1.29, 1.82) is 0 Å². The molecule has 1 aromatic carbocycles. The molecule has 1 atom stereocenters. The van der Waals surface area contributed by atoms with E-state index >= 15 is 0 Å². The van der Waals surface area contributed by atoms with Crippen molar-refractivity contribution in [3.05, 3.63) is 42.0 Å².